The van der Waals surface area contributed by atoms with Gasteiger partial charge in [-0.1, -0.05) is 26.8 Å². The van der Waals surface area contributed by atoms with Gasteiger partial charge in [-0.15, -0.1) is 11.3 Å². The lowest BCUT2D eigenvalue weighted by Gasteiger charge is -2.28. The highest BCUT2D eigenvalue weighted by atomic mass is 32.2. The lowest BCUT2D eigenvalue weighted by Crippen LogP contribution is -2.43. The molecule has 0 aliphatic carbocycles. The van der Waals surface area contributed by atoms with E-state index >= 15 is 0 Å². The smallest absolute Gasteiger partial charge is 0.319 e. The molecule has 1 unspecified atom stereocenters. The van der Waals surface area contributed by atoms with Gasteiger partial charge in [-0.2, -0.15) is 0 Å². The van der Waals surface area contributed by atoms with Crippen molar-refractivity contribution in [2.45, 2.75) is 44.4 Å². The Hall–Kier alpha value is -2.19. The standard InChI is InChI=1S/C19H22N2O4S2/c1-11(19(2,3)4)20-18(23)21-13-6-5-7-14-15(13)16(22)17-12(8-9-26-17)10-27(14,24)25/h5-9,11H,10H2,1-4H3,(H2,20,21,23). The van der Waals surface area contributed by atoms with E-state index in [2.05, 4.69) is 10.6 Å². The van der Waals surface area contributed by atoms with E-state index in [9.17, 15) is 18.0 Å². The maximum absolute atomic E-state index is 13.0. The van der Waals surface area contributed by atoms with E-state index in [0.29, 0.717) is 10.4 Å². The lowest BCUT2D eigenvalue weighted by molar-refractivity contribution is 0.104. The molecule has 1 atom stereocenters. The summed E-state index contributed by atoms with van der Waals surface area (Å²) in [5.74, 6) is -0.600. The monoisotopic (exact) mass is 406 g/mol. The van der Waals surface area contributed by atoms with Gasteiger partial charge in [-0.05, 0) is 41.5 Å². The first-order valence-electron chi connectivity index (χ1n) is 8.55. The van der Waals surface area contributed by atoms with Crippen molar-refractivity contribution in [2.24, 2.45) is 5.41 Å². The molecule has 0 fully saturated rings. The summed E-state index contributed by atoms with van der Waals surface area (Å²) in [6, 6.07) is 5.55. The second-order valence-electron chi connectivity index (χ2n) is 7.73. The van der Waals surface area contributed by atoms with Crippen LogP contribution in [0.2, 0.25) is 0 Å². The number of thiophene rings is 1. The maximum Gasteiger partial charge on any atom is 0.319 e. The Bertz CT molecular complexity index is 1020. The summed E-state index contributed by atoms with van der Waals surface area (Å²) >= 11 is 1.21. The van der Waals surface area contributed by atoms with Gasteiger partial charge in [0.1, 0.15) is 0 Å². The summed E-state index contributed by atoms with van der Waals surface area (Å²) in [6.07, 6.45) is 0. The number of hydrogen-bond acceptors (Lipinski definition) is 5. The molecular weight excluding hydrogens is 384 g/mol. The Balaban J connectivity index is 2.02. The molecule has 1 aromatic heterocycles. The van der Waals surface area contributed by atoms with E-state index in [0.717, 1.165) is 0 Å². The second-order valence-corrected chi connectivity index (χ2v) is 10.6. The quantitative estimate of drug-likeness (QED) is 0.793. The minimum absolute atomic E-state index is 0.0252. The van der Waals surface area contributed by atoms with Crippen molar-refractivity contribution in [3.05, 3.63) is 45.6 Å². The molecule has 2 aromatic rings. The third-order valence-corrected chi connectivity index (χ3v) is 7.44. The molecule has 0 radical (unpaired) electrons. The molecule has 2 amide bonds. The van der Waals surface area contributed by atoms with Crippen LogP contribution in [0.5, 0.6) is 0 Å². The zero-order valence-corrected chi connectivity index (χ0v) is 17.3. The molecule has 144 valence electrons. The topological polar surface area (TPSA) is 92.3 Å². The van der Waals surface area contributed by atoms with Gasteiger partial charge < -0.3 is 10.6 Å². The van der Waals surface area contributed by atoms with Gasteiger partial charge in [0.05, 0.1) is 26.8 Å². The molecule has 2 heterocycles. The Morgan fingerprint density at radius 1 is 1.22 bits per heavy atom. The Morgan fingerprint density at radius 2 is 1.93 bits per heavy atom. The third kappa shape index (κ3) is 3.77. The predicted octanol–water partition coefficient (Wildman–Crippen LogP) is 3.82. The van der Waals surface area contributed by atoms with Gasteiger partial charge in [0.15, 0.2) is 9.84 Å². The molecule has 8 heteroatoms. The van der Waals surface area contributed by atoms with Gasteiger partial charge in [-0.25, -0.2) is 13.2 Å². The molecule has 0 bridgehead atoms. The van der Waals surface area contributed by atoms with Crippen LogP contribution >= 0.6 is 11.3 Å². The number of carbonyl (C=O) groups excluding carboxylic acids is 2. The Morgan fingerprint density at radius 3 is 2.59 bits per heavy atom. The zero-order chi connectivity index (χ0) is 20.0. The predicted molar refractivity (Wildman–Crippen MR) is 106 cm³/mol. The van der Waals surface area contributed by atoms with Crippen LogP contribution in [0.1, 0.15) is 48.5 Å². The first-order chi connectivity index (χ1) is 12.5. The second kappa shape index (κ2) is 6.76. The molecule has 3 rings (SSSR count). The molecule has 0 saturated heterocycles. The van der Waals surface area contributed by atoms with Gasteiger partial charge >= 0.3 is 6.03 Å². The first kappa shape index (κ1) is 19.6. The maximum atomic E-state index is 13.0. The summed E-state index contributed by atoms with van der Waals surface area (Å²) in [4.78, 5) is 25.8. The summed E-state index contributed by atoms with van der Waals surface area (Å²) in [5.41, 5.74) is 0.576. The number of benzene rings is 1. The molecule has 1 aliphatic heterocycles. The van der Waals surface area contributed by atoms with E-state index in [1.807, 2.05) is 27.7 Å². The highest BCUT2D eigenvalue weighted by Gasteiger charge is 2.33. The molecular formula is C19H22N2O4S2. The van der Waals surface area contributed by atoms with Crippen LogP contribution in [-0.2, 0) is 15.6 Å². The summed E-state index contributed by atoms with van der Waals surface area (Å²) in [7, 11) is -3.69. The minimum Gasteiger partial charge on any atom is -0.335 e. The van der Waals surface area contributed by atoms with Crippen LogP contribution < -0.4 is 10.6 Å². The molecule has 1 aliphatic rings. The van der Waals surface area contributed by atoms with Crippen LogP contribution in [0.4, 0.5) is 10.5 Å². The summed E-state index contributed by atoms with van der Waals surface area (Å²) in [5, 5.41) is 7.20. The van der Waals surface area contributed by atoms with Crippen LogP contribution in [0.25, 0.3) is 0 Å². The molecule has 0 saturated carbocycles. The molecule has 2 N–H and O–H groups in total. The largest absolute Gasteiger partial charge is 0.335 e. The van der Waals surface area contributed by atoms with Crippen molar-refractivity contribution >= 4 is 38.7 Å². The average molecular weight is 407 g/mol. The molecule has 0 spiro atoms. The van der Waals surface area contributed by atoms with E-state index < -0.39 is 15.9 Å². The van der Waals surface area contributed by atoms with E-state index in [4.69, 9.17) is 0 Å². The average Bonchev–Trinajstić information content (AvgIpc) is 2.97. The lowest BCUT2D eigenvalue weighted by atomic mass is 9.88. The molecule has 27 heavy (non-hydrogen) atoms. The normalized spacial score (nSPS) is 16.7. The number of hydrogen-bond donors (Lipinski definition) is 2. The summed E-state index contributed by atoms with van der Waals surface area (Å²) in [6.45, 7) is 7.89. The van der Waals surface area contributed by atoms with Gasteiger partial charge in [0.2, 0.25) is 5.78 Å². The number of nitrogens with one attached hydrogen (secondary N) is 2. The highest BCUT2D eigenvalue weighted by Crippen LogP contribution is 2.35. The van der Waals surface area contributed by atoms with Crippen molar-refractivity contribution < 1.29 is 18.0 Å². The van der Waals surface area contributed by atoms with E-state index in [-0.39, 0.29) is 39.1 Å². The van der Waals surface area contributed by atoms with Crippen molar-refractivity contribution in [1.82, 2.24) is 5.32 Å². The number of amides is 2. The van der Waals surface area contributed by atoms with E-state index in [1.54, 1.807) is 17.5 Å². The summed E-state index contributed by atoms with van der Waals surface area (Å²) < 4.78 is 25.5. The Labute approximate surface area is 162 Å². The van der Waals surface area contributed by atoms with Crippen molar-refractivity contribution in [3.8, 4) is 0 Å². The fourth-order valence-electron chi connectivity index (χ4n) is 2.74. The number of carbonyl (C=O) groups is 2. The Kier molecular flexibility index (Phi) is 4.90. The van der Waals surface area contributed by atoms with Crippen molar-refractivity contribution in [2.75, 3.05) is 5.32 Å². The number of anilines is 1. The third-order valence-electron chi connectivity index (χ3n) is 4.78. The van der Waals surface area contributed by atoms with Gasteiger partial charge in [0.25, 0.3) is 0 Å². The van der Waals surface area contributed by atoms with Gasteiger partial charge in [-0.3, -0.25) is 4.79 Å². The SMILES string of the molecule is CC(NC(=O)Nc1cccc2c1C(=O)c1sccc1CS2(=O)=O)C(C)(C)C. The molecule has 6 nitrogen and oxygen atoms in total. The zero-order valence-electron chi connectivity index (χ0n) is 15.6. The number of rotatable bonds is 2. The number of fused-ring (bicyclic) bond motifs is 2. The fraction of sp³-hybridized carbons (Fsp3) is 0.368. The molecule has 1 aromatic carbocycles. The van der Waals surface area contributed by atoms with E-state index in [1.165, 1.54) is 23.5 Å². The first-order valence-corrected chi connectivity index (χ1v) is 11.1. The highest BCUT2D eigenvalue weighted by molar-refractivity contribution is 7.90. The fourth-order valence-corrected chi connectivity index (χ4v) is 5.31. The van der Waals surface area contributed by atoms with Crippen LogP contribution in [0, 0.1) is 5.41 Å². The number of ketones is 1. The van der Waals surface area contributed by atoms with Crippen LogP contribution in [0.15, 0.2) is 34.5 Å². The van der Waals surface area contributed by atoms with Crippen LogP contribution in [-0.4, -0.2) is 26.3 Å². The van der Waals surface area contributed by atoms with Crippen LogP contribution in [0.3, 0.4) is 0 Å². The van der Waals surface area contributed by atoms with Gasteiger partial charge in [0, 0.05) is 6.04 Å². The van der Waals surface area contributed by atoms with Crippen molar-refractivity contribution in [3.63, 3.8) is 0 Å². The van der Waals surface area contributed by atoms with Crippen molar-refractivity contribution in [1.29, 1.82) is 0 Å². The number of sulfone groups is 1. The minimum atomic E-state index is -3.69. The number of urea groups is 1.